The minimum absolute atomic E-state index is 0. The lowest BCUT2D eigenvalue weighted by Crippen LogP contribution is -2.34. The van der Waals surface area contributed by atoms with E-state index < -0.39 is 21.7 Å². The molecule has 1 aliphatic rings. The van der Waals surface area contributed by atoms with Gasteiger partial charge in [0.25, 0.3) is 5.91 Å². The third-order valence-electron chi connectivity index (χ3n) is 4.16. The molecule has 1 unspecified atom stereocenters. The van der Waals surface area contributed by atoms with Gasteiger partial charge in [-0.3, -0.25) is 4.79 Å². The van der Waals surface area contributed by atoms with Crippen LogP contribution in [0.5, 0.6) is 0 Å². The van der Waals surface area contributed by atoms with E-state index in [4.69, 9.17) is 0 Å². The van der Waals surface area contributed by atoms with Crippen LogP contribution in [0, 0.1) is 11.7 Å². The van der Waals surface area contributed by atoms with Gasteiger partial charge >= 0.3 is 0 Å². The highest BCUT2D eigenvalue weighted by molar-refractivity contribution is 7.89. The van der Waals surface area contributed by atoms with Crippen LogP contribution in [0.3, 0.4) is 0 Å². The fourth-order valence-corrected chi connectivity index (χ4v) is 3.39. The fraction of sp³-hybridized carbons (Fsp3) is 0.562. The van der Waals surface area contributed by atoms with Crippen molar-refractivity contribution in [2.75, 3.05) is 39.5 Å². The molecule has 1 saturated heterocycles. The Morgan fingerprint density at radius 2 is 2.12 bits per heavy atom. The zero-order valence-corrected chi connectivity index (χ0v) is 16.1. The van der Waals surface area contributed by atoms with Gasteiger partial charge in [-0.15, -0.1) is 12.4 Å². The molecule has 1 aromatic rings. The standard InChI is InChI=1S/C16H24FN3O3S.ClH/c1-20(2)24(22,23)8-7-19-16(21)14-10-12(3-4-15(14)17)9-13-5-6-18-11-13;/h3-4,10,13,18H,5-9,11H2,1-2H3,(H,19,21);1H. The number of carbonyl (C=O) groups is 1. The Labute approximate surface area is 154 Å². The van der Waals surface area contributed by atoms with Gasteiger partial charge in [-0.2, -0.15) is 0 Å². The average molecular weight is 394 g/mol. The second-order valence-corrected chi connectivity index (χ2v) is 8.53. The zero-order chi connectivity index (χ0) is 17.7. The molecule has 0 aliphatic carbocycles. The predicted molar refractivity (Wildman–Crippen MR) is 98.1 cm³/mol. The molecule has 1 fully saturated rings. The molecule has 0 aromatic heterocycles. The number of benzene rings is 1. The van der Waals surface area contributed by atoms with Gasteiger partial charge in [0.15, 0.2) is 0 Å². The molecular formula is C16H25ClFN3O3S. The number of sulfonamides is 1. The largest absolute Gasteiger partial charge is 0.351 e. The number of carbonyl (C=O) groups excluding carboxylic acids is 1. The maximum Gasteiger partial charge on any atom is 0.254 e. The summed E-state index contributed by atoms with van der Waals surface area (Å²) in [6, 6.07) is 4.55. The molecule has 2 rings (SSSR count). The molecule has 2 N–H and O–H groups in total. The van der Waals surface area contributed by atoms with Gasteiger partial charge in [0.05, 0.1) is 11.3 Å². The molecule has 0 saturated carbocycles. The number of nitrogens with zero attached hydrogens (tertiary/aromatic N) is 1. The van der Waals surface area contributed by atoms with Crippen molar-refractivity contribution in [1.82, 2.24) is 14.9 Å². The smallest absolute Gasteiger partial charge is 0.254 e. The SMILES string of the molecule is CN(C)S(=O)(=O)CCNC(=O)c1cc(CC2CCNC2)ccc1F.Cl. The van der Waals surface area contributed by atoms with Gasteiger partial charge in [-0.25, -0.2) is 17.1 Å². The molecule has 6 nitrogen and oxygen atoms in total. The Hall–Kier alpha value is -1.22. The summed E-state index contributed by atoms with van der Waals surface area (Å²) in [5, 5.41) is 5.75. The second kappa shape index (κ2) is 9.47. The summed E-state index contributed by atoms with van der Waals surface area (Å²) in [5.41, 5.74) is 0.872. The summed E-state index contributed by atoms with van der Waals surface area (Å²) >= 11 is 0. The Morgan fingerprint density at radius 3 is 2.72 bits per heavy atom. The lowest BCUT2D eigenvalue weighted by atomic mass is 9.97. The summed E-state index contributed by atoms with van der Waals surface area (Å²) in [5.74, 6) is -0.915. The van der Waals surface area contributed by atoms with E-state index in [2.05, 4.69) is 10.6 Å². The first kappa shape index (κ1) is 21.8. The molecular weight excluding hydrogens is 369 g/mol. The number of nitrogens with one attached hydrogen (secondary N) is 2. The molecule has 1 aliphatic heterocycles. The predicted octanol–water partition coefficient (Wildman–Crippen LogP) is 1.02. The highest BCUT2D eigenvalue weighted by atomic mass is 35.5. The van der Waals surface area contributed by atoms with Crippen molar-refractivity contribution in [1.29, 1.82) is 0 Å². The first-order valence-corrected chi connectivity index (χ1v) is 9.58. The average Bonchev–Trinajstić information content (AvgIpc) is 3.01. The summed E-state index contributed by atoms with van der Waals surface area (Å²) in [7, 11) is -0.535. The van der Waals surface area contributed by atoms with E-state index in [-0.39, 0.29) is 30.3 Å². The summed E-state index contributed by atoms with van der Waals surface area (Å²) in [6.07, 6.45) is 1.86. The summed E-state index contributed by atoms with van der Waals surface area (Å²) in [6.45, 7) is 1.86. The number of halogens is 2. The van der Waals surface area contributed by atoms with E-state index in [1.54, 1.807) is 12.1 Å². The van der Waals surface area contributed by atoms with Crippen LogP contribution in [0.2, 0.25) is 0 Å². The third kappa shape index (κ3) is 6.22. The molecule has 1 heterocycles. The molecule has 0 bridgehead atoms. The Balaban J connectivity index is 0.00000312. The van der Waals surface area contributed by atoms with Crippen molar-refractivity contribution in [3.8, 4) is 0 Å². The minimum atomic E-state index is -3.39. The van der Waals surface area contributed by atoms with Crippen LogP contribution in [-0.4, -0.2) is 58.1 Å². The third-order valence-corrected chi connectivity index (χ3v) is 6.00. The first-order valence-electron chi connectivity index (χ1n) is 7.97. The molecule has 1 atom stereocenters. The lowest BCUT2D eigenvalue weighted by Gasteiger charge is -2.13. The molecule has 142 valence electrons. The van der Waals surface area contributed by atoms with Crippen LogP contribution in [-0.2, 0) is 16.4 Å². The van der Waals surface area contributed by atoms with Crippen LogP contribution in [0.1, 0.15) is 22.3 Å². The molecule has 0 spiro atoms. The van der Waals surface area contributed by atoms with Gasteiger partial charge in [0, 0.05) is 20.6 Å². The maximum atomic E-state index is 13.9. The summed E-state index contributed by atoms with van der Waals surface area (Å²) in [4.78, 5) is 12.1. The van der Waals surface area contributed by atoms with Crippen molar-refractivity contribution in [3.63, 3.8) is 0 Å². The first-order chi connectivity index (χ1) is 11.3. The monoisotopic (exact) mass is 393 g/mol. The molecule has 1 aromatic carbocycles. The van der Waals surface area contributed by atoms with Gasteiger partial charge in [0.2, 0.25) is 10.0 Å². The highest BCUT2D eigenvalue weighted by Crippen LogP contribution is 2.18. The highest BCUT2D eigenvalue weighted by Gasteiger charge is 2.18. The zero-order valence-electron chi connectivity index (χ0n) is 14.4. The maximum absolute atomic E-state index is 13.9. The number of hydrogen-bond acceptors (Lipinski definition) is 4. The second-order valence-electron chi connectivity index (χ2n) is 6.23. The van der Waals surface area contributed by atoms with Gasteiger partial charge < -0.3 is 10.6 Å². The number of rotatable bonds is 7. The van der Waals surface area contributed by atoms with E-state index in [1.807, 2.05) is 0 Å². The molecule has 25 heavy (non-hydrogen) atoms. The van der Waals surface area contributed by atoms with Crippen molar-refractivity contribution in [2.45, 2.75) is 12.8 Å². The van der Waals surface area contributed by atoms with Gasteiger partial charge in [-0.1, -0.05) is 6.07 Å². The van der Waals surface area contributed by atoms with Gasteiger partial charge in [0.1, 0.15) is 5.82 Å². The van der Waals surface area contributed by atoms with Crippen molar-refractivity contribution < 1.29 is 17.6 Å². The number of amides is 1. The molecule has 1 amide bonds. The van der Waals surface area contributed by atoms with Crippen LogP contribution in [0.25, 0.3) is 0 Å². The Kier molecular flexibility index (Phi) is 8.27. The van der Waals surface area contributed by atoms with Crippen LogP contribution >= 0.6 is 12.4 Å². The lowest BCUT2D eigenvalue weighted by molar-refractivity contribution is 0.0952. The quantitative estimate of drug-likeness (QED) is 0.725. The van der Waals surface area contributed by atoms with E-state index in [9.17, 15) is 17.6 Å². The molecule has 0 radical (unpaired) electrons. The Morgan fingerprint density at radius 1 is 1.40 bits per heavy atom. The minimum Gasteiger partial charge on any atom is -0.351 e. The number of hydrogen-bond donors (Lipinski definition) is 2. The van der Waals surface area contributed by atoms with Crippen molar-refractivity contribution in [3.05, 3.63) is 35.1 Å². The fourth-order valence-electron chi connectivity index (χ4n) is 2.67. The van der Waals surface area contributed by atoms with Crippen LogP contribution in [0.15, 0.2) is 18.2 Å². The van der Waals surface area contributed by atoms with Gasteiger partial charge in [-0.05, 0) is 49.5 Å². The normalized spacial score (nSPS) is 17.4. The van der Waals surface area contributed by atoms with Crippen molar-refractivity contribution in [2.24, 2.45) is 5.92 Å². The van der Waals surface area contributed by atoms with Crippen molar-refractivity contribution >= 4 is 28.3 Å². The van der Waals surface area contributed by atoms with E-state index >= 15 is 0 Å². The van der Waals surface area contributed by atoms with E-state index in [1.165, 1.54) is 20.2 Å². The summed E-state index contributed by atoms with van der Waals surface area (Å²) < 4.78 is 38.3. The topological polar surface area (TPSA) is 78.5 Å². The van der Waals surface area contributed by atoms with E-state index in [0.717, 1.165) is 35.8 Å². The van der Waals surface area contributed by atoms with Crippen LogP contribution < -0.4 is 10.6 Å². The molecule has 9 heteroatoms. The van der Waals surface area contributed by atoms with Crippen LogP contribution in [0.4, 0.5) is 4.39 Å². The Bertz CT molecular complexity index is 692. The van der Waals surface area contributed by atoms with E-state index in [0.29, 0.717) is 5.92 Å².